The Hall–Kier alpha value is -3.50. The van der Waals surface area contributed by atoms with Gasteiger partial charge in [0.2, 0.25) is 0 Å². The molecule has 0 amide bonds. The van der Waals surface area contributed by atoms with Crippen molar-refractivity contribution >= 4 is 23.2 Å². The number of ketones is 1. The molecular formula is C28H25NO2S. The van der Waals surface area contributed by atoms with Gasteiger partial charge in [-0.3, -0.25) is 4.79 Å². The van der Waals surface area contributed by atoms with Crippen LogP contribution in [-0.4, -0.2) is 5.78 Å². The molecule has 0 unspecified atom stereocenters. The molecule has 0 aliphatic heterocycles. The lowest BCUT2D eigenvalue weighted by Crippen LogP contribution is -2.08. The van der Waals surface area contributed by atoms with Crippen molar-refractivity contribution in [1.82, 2.24) is 0 Å². The summed E-state index contributed by atoms with van der Waals surface area (Å²) in [5.41, 5.74) is 9.66. The highest BCUT2D eigenvalue weighted by Gasteiger charge is 2.21. The summed E-state index contributed by atoms with van der Waals surface area (Å²) in [6, 6.07) is 35.3. The van der Waals surface area contributed by atoms with Crippen LogP contribution in [0.4, 0.5) is 5.69 Å². The summed E-state index contributed by atoms with van der Waals surface area (Å²) in [6.45, 7) is 0.419. The third kappa shape index (κ3) is 5.59. The zero-order chi connectivity index (χ0) is 22.2. The zero-order valence-corrected chi connectivity index (χ0v) is 18.5. The van der Waals surface area contributed by atoms with Gasteiger partial charge in [-0.05, 0) is 35.4 Å². The minimum Gasteiger partial charge on any atom is -0.488 e. The summed E-state index contributed by atoms with van der Waals surface area (Å²) >= 11 is 1.62. The van der Waals surface area contributed by atoms with Crippen LogP contribution in [0.3, 0.4) is 0 Å². The molecule has 4 aromatic rings. The molecule has 0 saturated heterocycles. The maximum Gasteiger partial charge on any atom is 0.168 e. The van der Waals surface area contributed by atoms with E-state index in [2.05, 4.69) is 12.1 Å². The fourth-order valence-corrected chi connectivity index (χ4v) is 4.67. The first-order chi connectivity index (χ1) is 15.7. The summed E-state index contributed by atoms with van der Waals surface area (Å²) in [5, 5.41) is -0.0596. The Morgan fingerprint density at radius 2 is 1.41 bits per heavy atom. The van der Waals surface area contributed by atoms with E-state index < -0.39 is 0 Å². The Kier molecular flexibility index (Phi) is 7.26. The molecule has 3 nitrogen and oxygen atoms in total. The third-order valence-corrected chi connectivity index (χ3v) is 6.50. The average Bonchev–Trinajstić information content (AvgIpc) is 2.85. The molecule has 4 aromatic carbocycles. The molecule has 160 valence electrons. The van der Waals surface area contributed by atoms with Crippen molar-refractivity contribution < 1.29 is 9.53 Å². The van der Waals surface area contributed by atoms with Crippen molar-refractivity contribution in [3.8, 4) is 5.75 Å². The number of nitrogens with two attached hydrogens (primary N) is 1. The number of thioether (sulfide) groups is 1. The number of para-hydroxylation sites is 2. The first-order valence-electron chi connectivity index (χ1n) is 10.6. The number of anilines is 1. The lowest BCUT2D eigenvalue weighted by Gasteiger charge is -2.18. The van der Waals surface area contributed by atoms with E-state index in [4.69, 9.17) is 10.5 Å². The van der Waals surface area contributed by atoms with E-state index in [0.29, 0.717) is 24.3 Å². The number of carbonyl (C=O) groups excluding carboxylic acids is 1. The molecule has 2 N–H and O–H groups in total. The molecule has 0 aliphatic carbocycles. The van der Waals surface area contributed by atoms with Gasteiger partial charge in [0.05, 0.1) is 5.56 Å². The number of hydrogen-bond donors (Lipinski definition) is 1. The smallest absolute Gasteiger partial charge is 0.168 e. The topological polar surface area (TPSA) is 52.3 Å². The van der Waals surface area contributed by atoms with Crippen LogP contribution in [-0.2, 0) is 6.61 Å². The summed E-state index contributed by atoms with van der Waals surface area (Å²) in [6.07, 6.45) is 0.342. The Labute approximate surface area is 193 Å². The van der Waals surface area contributed by atoms with E-state index in [-0.39, 0.29) is 11.0 Å². The van der Waals surface area contributed by atoms with Crippen molar-refractivity contribution in [1.29, 1.82) is 0 Å². The maximum absolute atomic E-state index is 13.4. The minimum atomic E-state index is -0.0596. The van der Waals surface area contributed by atoms with Crippen LogP contribution < -0.4 is 10.5 Å². The van der Waals surface area contributed by atoms with Gasteiger partial charge in [-0.2, -0.15) is 0 Å². The first kappa shape index (κ1) is 21.7. The Bertz CT molecular complexity index is 1160. The lowest BCUT2D eigenvalue weighted by molar-refractivity contribution is 0.0977. The number of ether oxygens (including phenoxy) is 1. The maximum atomic E-state index is 13.4. The molecule has 0 spiro atoms. The molecule has 1 atom stereocenters. The molecule has 4 rings (SSSR count). The van der Waals surface area contributed by atoms with Crippen LogP contribution in [0.2, 0.25) is 0 Å². The summed E-state index contributed by atoms with van der Waals surface area (Å²) in [7, 11) is 0. The number of benzene rings is 4. The second kappa shape index (κ2) is 10.7. The van der Waals surface area contributed by atoms with Crippen LogP contribution in [0.15, 0.2) is 114 Å². The van der Waals surface area contributed by atoms with Gasteiger partial charge >= 0.3 is 0 Å². The van der Waals surface area contributed by atoms with Crippen LogP contribution in [0.25, 0.3) is 0 Å². The van der Waals surface area contributed by atoms with Crippen LogP contribution in [0.5, 0.6) is 5.75 Å². The van der Waals surface area contributed by atoms with Crippen molar-refractivity contribution in [2.75, 3.05) is 5.73 Å². The quantitative estimate of drug-likeness (QED) is 0.174. The molecule has 0 radical (unpaired) electrons. The molecule has 0 fully saturated rings. The van der Waals surface area contributed by atoms with E-state index in [0.717, 1.165) is 21.7 Å². The van der Waals surface area contributed by atoms with Gasteiger partial charge < -0.3 is 10.5 Å². The van der Waals surface area contributed by atoms with Gasteiger partial charge in [0.15, 0.2) is 5.78 Å². The summed E-state index contributed by atoms with van der Waals surface area (Å²) < 4.78 is 6.02. The molecule has 0 heterocycles. The van der Waals surface area contributed by atoms with E-state index in [1.165, 1.54) is 0 Å². The molecule has 4 heteroatoms. The Balaban J connectivity index is 1.55. The largest absolute Gasteiger partial charge is 0.488 e. The predicted octanol–water partition coefficient (Wildman–Crippen LogP) is 6.95. The zero-order valence-electron chi connectivity index (χ0n) is 17.7. The molecule has 0 aromatic heterocycles. The monoisotopic (exact) mass is 439 g/mol. The first-order valence-corrected chi connectivity index (χ1v) is 11.4. The number of nitrogen functional groups attached to an aromatic ring is 1. The van der Waals surface area contributed by atoms with Crippen molar-refractivity contribution in [2.24, 2.45) is 0 Å². The van der Waals surface area contributed by atoms with Crippen molar-refractivity contribution in [3.05, 3.63) is 126 Å². The van der Waals surface area contributed by atoms with Gasteiger partial charge in [0.25, 0.3) is 0 Å². The molecule has 0 saturated carbocycles. The van der Waals surface area contributed by atoms with Crippen LogP contribution in [0.1, 0.15) is 33.2 Å². The fourth-order valence-electron chi connectivity index (χ4n) is 3.47. The van der Waals surface area contributed by atoms with Gasteiger partial charge in [-0.15, -0.1) is 11.8 Å². The number of rotatable bonds is 9. The highest BCUT2D eigenvalue weighted by Crippen LogP contribution is 2.41. The Morgan fingerprint density at radius 1 is 0.781 bits per heavy atom. The van der Waals surface area contributed by atoms with Crippen molar-refractivity contribution in [3.63, 3.8) is 0 Å². The van der Waals surface area contributed by atoms with E-state index in [1.54, 1.807) is 11.8 Å². The second-order valence-electron chi connectivity index (χ2n) is 7.45. The van der Waals surface area contributed by atoms with Gasteiger partial charge in [0.1, 0.15) is 12.4 Å². The van der Waals surface area contributed by atoms with Crippen molar-refractivity contribution in [2.45, 2.75) is 23.2 Å². The van der Waals surface area contributed by atoms with Gasteiger partial charge in [0, 0.05) is 22.3 Å². The van der Waals surface area contributed by atoms with E-state index in [1.807, 2.05) is 97.1 Å². The third-order valence-electron chi connectivity index (χ3n) is 5.16. The highest BCUT2D eigenvalue weighted by molar-refractivity contribution is 7.99. The molecule has 32 heavy (non-hydrogen) atoms. The standard InChI is InChI=1S/C28H25NO2S/c29-24-16-8-10-18-27(24)32-28(22-13-5-2-6-14-22)19-25(30)23-15-7-9-17-26(23)31-20-21-11-3-1-4-12-21/h1-18,28H,19-20,29H2/t28-/m0/s1. The van der Waals surface area contributed by atoms with E-state index in [9.17, 15) is 4.79 Å². The lowest BCUT2D eigenvalue weighted by atomic mass is 10.0. The van der Waals surface area contributed by atoms with E-state index >= 15 is 0 Å². The van der Waals surface area contributed by atoms with Gasteiger partial charge in [-0.25, -0.2) is 0 Å². The SMILES string of the molecule is Nc1ccccc1S[C@@H](CC(=O)c1ccccc1OCc1ccccc1)c1ccccc1. The summed E-state index contributed by atoms with van der Waals surface area (Å²) in [4.78, 5) is 14.4. The molecule has 0 aliphatic rings. The molecule has 0 bridgehead atoms. The number of Topliss-reactive ketones (excluding diaryl/α,β-unsaturated/α-hetero) is 1. The fraction of sp³-hybridized carbons (Fsp3) is 0.107. The summed E-state index contributed by atoms with van der Waals surface area (Å²) in [5.74, 6) is 0.655. The second-order valence-corrected chi connectivity index (χ2v) is 8.70. The van der Waals surface area contributed by atoms with Gasteiger partial charge in [-0.1, -0.05) is 84.9 Å². The molecular weight excluding hydrogens is 414 g/mol. The highest BCUT2D eigenvalue weighted by atomic mass is 32.2. The Morgan fingerprint density at radius 3 is 2.16 bits per heavy atom. The number of hydrogen-bond acceptors (Lipinski definition) is 4. The van der Waals surface area contributed by atoms with Crippen LogP contribution >= 0.6 is 11.8 Å². The normalized spacial score (nSPS) is 11.6. The number of carbonyl (C=O) groups is 1. The average molecular weight is 440 g/mol. The predicted molar refractivity (Wildman–Crippen MR) is 132 cm³/mol. The van der Waals surface area contributed by atoms with Crippen LogP contribution in [0, 0.1) is 0 Å². The minimum absolute atomic E-state index is 0.0458.